The van der Waals surface area contributed by atoms with Gasteiger partial charge in [-0.1, -0.05) is 29.3 Å². The Hall–Kier alpha value is -1.32. The maximum Gasteiger partial charge on any atom is 0.147 e. The minimum Gasteiger partial charge on any atom is -0.316 e. The first kappa shape index (κ1) is 14.6. The summed E-state index contributed by atoms with van der Waals surface area (Å²) in [6, 6.07) is 8.43. The van der Waals surface area contributed by atoms with Gasteiger partial charge in [-0.3, -0.25) is 4.79 Å². The highest BCUT2D eigenvalue weighted by Gasteiger charge is 2.27. The maximum atomic E-state index is 11.1. The first-order valence-corrected chi connectivity index (χ1v) is 8.02. The van der Waals surface area contributed by atoms with Crippen LogP contribution in [-0.4, -0.2) is 10.9 Å². The Bertz CT molecular complexity index is 756. The molecule has 0 atom stereocenters. The summed E-state index contributed by atoms with van der Waals surface area (Å²) in [5.41, 5.74) is 6.28. The first-order chi connectivity index (χ1) is 10.0. The summed E-state index contributed by atoms with van der Waals surface area (Å²) >= 11 is 10.1. The molecule has 0 saturated heterocycles. The van der Waals surface area contributed by atoms with E-state index in [1.54, 1.807) is 0 Å². The molecule has 2 nitrogen and oxygen atoms in total. The van der Waals surface area contributed by atoms with E-state index in [-0.39, 0.29) is 0 Å². The molecule has 1 aliphatic rings. The zero-order valence-electron chi connectivity index (χ0n) is 11.9. The second-order valence-electron chi connectivity index (χ2n) is 5.35. The fourth-order valence-electron chi connectivity index (χ4n) is 2.86. The van der Waals surface area contributed by atoms with E-state index in [0.717, 1.165) is 34.1 Å². The number of aldehydes is 1. The van der Waals surface area contributed by atoms with Crippen LogP contribution in [0, 0.1) is 13.8 Å². The Morgan fingerprint density at radius 3 is 2.48 bits per heavy atom. The summed E-state index contributed by atoms with van der Waals surface area (Å²) in [5.74, 6) is 0. The molecule has 2 aromatic rings. The number of halogens is 2. The molecule has 0 N–H and O–H groups in total. The number of hydrogen-bond donors (Lipinski definition) is 0. The third-order valence-corrected chi connectivity index (χ3v) is 5.40. The number of rotatable bonds is 2. The minimum atomic E-state index is 0.576. The molecule has 0 aliphatic heterocycles. The smallest absolute Gasteiger partial charge is 0.147 e. The van der Waals surface area contributed by atoms with Gasteiger partial charge in [-0.15, -0.1) is 0 Å². The Balaban J connectivity index is 2.26. The van der Waals surface area contributed by atoms with Crippen molar-refractivity contribution in [1.82, 2.24) is 4.57 Å². The van der Waals surface area contributed by atoms with E-state index in [1.807, 2.05) is 0 Å². The van der Waals surface area contributed by atoms with E-state index in [1.165, 1.54) is 11.3 Å². The number of fused-ring (bicyclic) bond motifs is 1. The van der Waals surface area contributed by atoms with Crippen LogP contribution < -0.4 is 0 Å². The Morgan fingerprint density at radius 2 is 1.86 bits per heavy atom. The molecule has 4 heteroatoms. The molecule has 1 aromatic heterocycles. The zero-order chi connectivity index (χ0) is 15.1. The van der Waals surface area contributed by atoms with Gasteiger partial charge in [0.25, 0.3) is 0 Å². The molecule has 0 bridgehead atoms. The molecular formula is C17H15BrClNO. The summed E-state index contributed by atoms with van der Waals surface area (Å²) in [6.45, 7) is 4.14. The quantitative estimate of drug-likeness (QED) is 0.691. The lowest BCUT2D eigenvalue weighted by Crippen LogP contribution is -2.08. The van der Waals surface area contributed by atoms with Crippen LogP contribution in [0.1, 0.15) is 28.9 Å². The van der Waals surface area contributed by atoms with Crippen LogP contribution in [0.2, 0.25) is 0 Å². The lowest BCUT2D eigenvalue weighted by molar-refractivity contribution is -0.105. The topological polar surface area (TPSA) is 22.0 Å². The zero-order valence-corrected chi connectivity index (χ0v) is 14.3. The first-order valence-electron chi connectivity index (χ1n) is 6.85. The number of nitrogens with zero attached hydrogens (tertiary/aromatic N) is 1. The van der Waals surface area contributed by atoms with E-state index in [0.29, 0.717) is 17.0 Å². The van der Waals surface area contributed by atoms with Crippen molar-refractivity contribution in [2.24, 2.45) is 0 Å². The normalized spacial score (nSPS) is 14.3. The number of aryl methyl sites for hydroxylation is 1. The Labute approximate surface area is 137 Å². The van der Waals surface area contributed by atoms with Gasteiger partial charge in [0.05, 0.1) is 5.03 Å². The van der Waals surface area contributed by atoms with Gasteiger partial charge in [-0.05, 0) is 54.8 Å². The molecule has 3 rings (SSSR count). The highest BCUT2D eigenvalue weighted by atomic mass is 79.9. The van der Waals surface area contributed by atoms with Crippen LogP contribution in [0.3, 0.4) is 0 Å². The number of carbonyl (C=O) groups is 1. The molecule has 0 saturated carbocycles. The number of benzene rings is 1. The van der Waals surface area contributed by atoms with E-state index in [9.17, 15) is 4.79 Å². The highest BCUT2D eigenvalue weighted by molar-refractivity contribution is 9.10. The van der Waals surface area contributed by atoms with Crippen LogP contribution in [-0.2, 0) is 11.2 Å². The van der Waals surface area contributed by atoms with Crippen molar-refractivity contribution >= 4 is 38.8 Å². The fourth-order valence-corrected chi connectivity index (χ4v) is 3.92. The summed E-state index contributed by atoms with van der Waals surface area (Å²) in [7, 11) is 0. The molecule has 108 valence electrons. The molecular weight excluding hydrogens is 350 g/mol. The van der Waals surface area contributed by atoms with Crippen molar-refractivity contribution in [1.29, 1.82) is 0 Å². The third-order valence-electron chi connectivity index (χ3n) is 4.00. The average Bonchev–Trinajstić information content (AvgIpc) is 2.73. The van der Waals surface area contributed by atoms with Crippen LogP contribution in [0.4, 0.5) is 0 Å². The van der Waals surface area contributed by atoms with Crippen molar-refractivity contribution in [3.05, 3.63) is 56.8 Å². The molecule has 21 heavy (non-hydrogen) atoms. The van der Waals surface area contributed by atoms with Gasteiger partial charge in [0, 0.05) is 32.7 Å². The molecule has 0 radical (unpaired) electrons. The molecule has 0 unspecified atom stereocenters. The van der Waals surface area contributed by atoms with Crippen LogP contribution in [0.25, 0.3) is 10.7 Å². The Kier molecular flexibility index (Phi) is 3.80. The van der Waals surface area contributed by atoms with E-state index in [2.05, 4.69) is 58.6 Å². The van der Waals surface area contributed by atoms with E-state index in [4.69, 9.17) is 11.6 Å². The third kappa shape index (κ3) is 2.29. The van der Waals surface area contributed by atoms with Crippen molar-refractivity contribution < 1.29 is 4.79 Å². The van der Waals surface area contributed by atoms with Gasteiger partial charge in [0.15, 0.2) is 0 Å². The van der Waals surface area contributed by atoms with Crippen LogP contribution >= 0.6 is 27.5 Å². The molecule has 1 aliphatic carbocycles. The van der Waals surface area contributed by atoms with Gasteiger partial charge < -0.3 is 4.57 Å². The van der Waals surface area contributed by atoms with Gasteiger partial charge in [0.1, 0.15) is 6.29 Å². The lowest BCUT2D eigenvalue weighted by atomic mass is 9.98. The predicted octanol–water partition coefficient (Wildman–Crippen LogP) is 4.95. The summed E-state index contributed by atoms with van der Waals surface area (Å²) in [5, 5.41) is 0.576. The molecule has 1 aromatic carbocycles. The molecule has 0 fully saturated rings. The number of carbonyl (C=O) groups excluding carboxylic acids is 1. The number of allylic oxidation sites excluding steroid dienone is 1. The Morgan fingerprint density at radius 1 is 1.19 bits per heavy atom. The summed E-state index contributed by atoms with van der Waals surface area (Å²) in [4.78, 5) is 11.1. The molecule has 0 spiro atoms. The van der Waals surface area contributed by atoms with Gasteiger partial charge in [0.2, 0.25) is 0 Å². The van der Waals surface area contributed by atoms with Gasteiger partial charge in [-0.2, -0.15) is 0 Å². The van der Waals surface area contributed by atoms with Crippen molar-refractivity contribution in [3.63, 3.8) is 0 Å². The van der Waals surface area contributed by atoms with Crippen LogP contribution in [0.15, 0.2) is 34.3 Å². The lowest BCUT2D eigenvalue weighted by Gasteiger charge is -2.17. The SMILES string of the molecule is Cc1ccc(-n2c(C)c(Br)c3c2CCC(C=O)=C3Cl)cc1. The van der Waals surface area contributed by atoms with Crippen molar-refractivity contribution in [2.75, 3.05) is 0 Å². The van der Waals surface area contributed by atoms with E-state index >= 15 is 0 Å². The standard InChI is InChI=1S/C17H15BrClNO/c1-10-3-6-13(7-4-10)20-11(2)16(18)15-14(20)8-5-12(9-21)17(15)19/h3-4,6-7,9H,5,8H2,1-2H3. The summed E-state index contributed by atoms with van der Waals surface area (Å²) < 4.78 is 3.20. The number of aromatic nitrogens is 1. The number of hydrogen-bond acceptors (Lipinski definition) is 1. The second-order valence-corrected chi connectivity index (χ2v) is 6.52. The van der Waals surface area contributed by atoms with E-state index < -0.39 is 0 Å². The minimum absolute atomic E-state index is 0.576. The van der Waals surface area contributed by atoms with Crippen molar-refractivity contribution in [2.45, 2.75) is 26.7 Å². The highest BCUT2D eigenvalue weighted by Crippen LogP contribution is 2.42. The second kappa shape index (κ2) is 5.47. The maximum absolute atomic E-state index is 11.1. The summed E-state index contributed by atoms with van der Waals surface area (Å²) in [6.07, 6.45) is 2.38. The monoisotopic (exact) mass is 363 g/mol. The molecule has 0 amide bonds. The average molecular weight is 365 g/mol. The van der Waals surface area contributed by atoms with Crippen LogP contribution in [0.5, 0.6) is 0 Å². The van der Waals surface area contributed by atoms with Gasteiger partial charge in [-0.25, -0.2) is 0 Å². The molecule has 1 heterocycles. The predicted molar refractivity (Wildman–Crippen MR) is 90.1 cm³/mol. The van der Waals surface area contributed by atoms with Gasteiger partial charge >= 0.3 is 0 Å². The van der Waals surface area contributed by atoms with Crippen molar-refractivity contribution in [3.8, 4) is 5.69 Å². The largest absolute Gasteiger partial charge is 0.316 e. The fraction of sp³-hybridized carbons (Fsp3) is 0.235.